The van der Waals surface area contributed by atoms with E-state index in [-0.39, 0.29) is 0 Å². The minimum Gasteiger partial charge on any atom is -0.298 e. The highest BCUT2D eigenvalue weighted by atomic mass is 32.1. The second-order valence-corrected chi connectivity index (χ2v) is 5.68. The molecule has 0 aliphatic rings. The minimum absolute atomic E-state index is 0.811. The van der Waals surface area contributed by atoms with Crippen LogP contribution in [0.25, 0.3) is 30.9 Å². The van der Waals surface area contributed by atoms with E-state index in [0.717, 1.165) is 28.0 Å². The highest BCUT2D eigenvalue weighted by molar-refractivity contribution is 7.26. The lowest BCUT2D eigenvalue weighted by Gasteiger charge is -2.03. The average Bonchev–Trinajstić information content (AvgIpc) is 2.82. The van der Waals surface area contributed by atoms with E-state index in [2.05, 4.69) is 24.3 Å². The number of hydrogen-bond acceptors (Lipinski definition) is 2. The molecule has 0 N–H and O–H groups in total. The molecule has 3 aromatic carbocycles. The molecule has 4 aromatic rings. The summed E-state index contributed by atoms with van der Waals surface area (Å²) in [7, 11) is 0. The van der Waals surface area contributed by atoms with Crippen LogP contribution < -0.4 is 0 Å². The lowest BCUT2D eigenvalue weighted by atomic mass is 10.00. The third kappa shape index (κ3) is 1.44. The summed E-state index contributed by atoms with van der Waals surface area (Å²) >= 11 is 1.75. The molecular formula is C17H10OS. The molecule has 19 heavy (non-hydrogen) atoms. The smallest absolute Gasteiger partial charge is 0.151 e. The summed E-state index contributed by atoms with van der Waals surface area (Å²) in [6.45, 7) is 0. The van der Waals surface area contributed by atoms with Crippen LogP contribution in [-0.2, 0) is 0 Å². The second-order valence-electron chi connectivity index (χ2n) is 4.60. The van der Waals surface area contributed by atoms with Crippen molar-refractivity contribution in [3.8, 4) is 0 Å². The van der Waals surface area contributed by atoms with Crippen molar-refractivity contribution < 1.29 is 4.79 Å². The van der Waals surface area contributed by atoms with Gasteiger partial charge in [-0.15, -0.1) is 11.3 Å². The molecule has 4 rings (SSSR count). The number of aldehydes is 1. The number of benzene rings is 3. The average molecular weight is 262 g/mol. The zero-order valence-corrected chi connectivity index (χ0v) is 10.9. The molecule has 0 radical (unpaired) electrons. The maximum Gasteiger partial charge on any atom is 0.151 e. The molecule has 0 aliphatic heterocycles. The topological polar surface area (TPSA) is 17.1 Å². The van der Waals surface area contributed by atoms with Gasteiger partial charge in [0.1, 0.15) is 0 Å². The zero-order valence-electron chi connectivity index (χ0n) is 10.1. The Hall–Kier alpha value is -2.19. The molecule has 0 bridgehead atoms. The van der Waals surface area contributed by atoms with Crippen molar-refractivity contribution in [3.63, 3.8) is 0 Å². The summed E-state index contributed by atoms with van der Waals surface area (Å²) in [4.78, 5) is 11.6. The van der Waals surface area contributed by atoms with E-state index in [1.807, 2.05) is 30.3 Å². The number of fused-ring (bicyclic) bond motifs is 4. The van der Waals surface area contributed by atoms with Crippen LogP contribution in [0.2, 0.25) is 0 Å². The van der Waals surface area contributed by atoms with Gasteiger partial charge in [-0.25, -0.2) is 0 Å². The van der Waals surface area contributed by atoms with Crippen molar-refractivity contribution in [2.24, 2.45) is 0 Å². The number of rotatable bonds is 1. The lowest BCUT2D eigenvalue weighted by Crippen LogP contribution is -1.85. The van der Waals surface area contributed by atoms with E-state index in [4.69, 9.17) is 0 Å². The fraction of sp³-hybridized carbons (Fsp3) is 0. The maximum atomic E-state index is 11.6. The Morgan fingerprint density at radius 1 is 0.842 bits per heavy atom. The van der Waals surface area contributed by atoms with E-state index in [9.17, 15) is 4.79 Å². The van der Waals surface area contributed by atoms with Crippen LogP contribution in [0.4, 0.5) is 0 Å². The summed E-state index contributed by atoms with van der Waals surface area (Å²) < 4.78 is 2.41. The van der Waals surface area contributed by atoms with Crippen LogP contribution in [0.15, 0.2) is 54.6 Å². The highest BCUT2D eigenvalue weighted by Gasteiger charge is 2.12. The Balaban J connectivity index is 2.36. The molecule has 0 unspecified atom stereocenters. The van der Waals surface area contributed by atoms with Crippen molar-refractivity contribution >= 4 is 48.6 Å². The summed E-state index contributed by atoms with van der Waals surface area (Å²) in [6.07, 6.45) is 0.990. The van der Waals surface area contributed by atoms with Crippen molar-refractivity contribution in [2.75, 3.05) is 0 Å². The van der Waals surface area contributed by atoms with Crippen molar-refractivity contribution in [1.29, 1.82) is 0 Å². The molecule has 0 spiro atoms. The SMILES string of the molecule is O=Cc1c2ccccc2cc2sc3ccccc3c12. The van der Waals surface area contributed by atoms with Gasteiger partial charge in [0, 0.05) is 25.7 Å². The minimum atomic E-state index is 0.811. The largest absolute Gasteiger partial charge is 0.298 e. The maximum absolute atomic E-state index is 11.6. The van der Waals surface area contributed by atoms with Crippen LogP contribution in [0.1, 0.15) is 10.4 Å². The Kier molecular flexibility index (Phi) is 2.20. The van der Waals surface area contributed by atoms with Gasteiger partial charge in [-0.05, 0) is 22.9 Å². The molecule has 0 amide bonds. The number of carbonyl (C=O) groups is 1. The molecule has 1 heterocycles. The molecule has 0 atom stereocenters. The van der Waals surface area contributed by atoms with Gasteiger partial charge in [0.15, 0.2) is 6.29 Å². The van der Waals surface area contributed by atoms with Gasteiger partial charge < -0.3 is 0 Å². The molecule has 0 saturated heterocycles. The van der Waals surface area contributed by atoms with E-state index >= 15 is 0 Å². The Morgan fingerprint density at radius 3 is 2.42 bits per heavy atom. The molecule has 2 heteroatoms. The summed E-state index contributed by atoms with van der Waals surface area (Å²) in [6, 6.07) is 18.5. The number of hydrogen-bond donors (Lipinski definition) is 0. The number of carbonyl (C=O) groups excluding carboxylic acids is 1. The van der Waals surface area contributed by atoms with E-state index in [1.165, 1.54) is 14.8 Å². The Bertz CT molecular complexity index is 934. The monoisotopic (exact) mass is 262 g/mol. The molecule has 0 aliphatic carbocycles. The third-order valence-electron chi connectivity index (χ3n) is 3.55. The van der Waals surface area contributed by atoms with Gasteiger partial charge in [-0.3, -0.25) is 4.79 Å². The molecule has 0 saturated carbocycles. The van der Waals surface area contributed by atoms with Crippen molar-refractivity contribution in [2.45, 2.75) is 0 Å². The fourth-order valence-corrected chi connectivity index (χ4v) is 3.88. The Labute approximate surface area is 114 Å². The highest BCUT2D eigenvalue weighted by Crippen LogP contribution is 2.38. The van der Waals surface area contributed by atoms with Crippen LogP contribution in [0.5, 0.6) is 0 Å². The van der Waals surface area contributed by atoms with Gasteiger partial charge in [0.25, 0.3) is 0 Å². The van der Waals surface area contributed by atoms with Crippen LogP contribution >= 0.6 is 11.3 Å². The van der Waals surface area contributed by atoms with Gasteiger partial charge >= 0.3 is 0 Å². The standard InChI is InChI=1S/C17H10OS/c18-10-14-12-6-2-1-5-11(12)9-16-17(14)13-7-3-4-8-15(13)19-16/h1-10H. The van der Waals surface area contributed by atoms with Gasteiger partial charge in [0.2, 0.25) is 0 Å². The summed E-state index contributed by atoms with van der Waals surface area (Å²) in [5.74, 6) is 0. The van der Waals surface area contributed by atoms with E-state index in [1.54, 1.807) is 11.3 Å². The first kappa shape index (κ1) is 10.7. The quantitative estimate of drug-likeness (QED) is 0.440. The van der Waals surface area contributed by atoms with Crippen LogP contribution in [0.3, 0.4) is 0 Å². The van der Waals surface area contributed by atoms with Crippen molar-refractivity contribution in [3.05, 3.63) is 60.2 Å². The summed E-state index contributed by atoms with van der Waals surface area (Å²) in [5.41, 5.74) is 0.811. The Morgan fingerprint density at radius 2 is 1.58 bits per heavy atom. The second kappa shape index (κ2) is 3.90. The third-order valence-corrected chi connectivity index (χ3v) is 4.67. The van der Waals surface area contributed by atoms with Gasteiger partial charge in [-0.1, -0.05) is 42.5 Å². The van der Waals surface area contributed by atoms with Crippen LogP contribution in [0, 0.1) is 0 Å². The summed E-state index contributed by atoms with van der Waals surface area (Å²) in [5, 5.41) is 4.43. The molecule has 1 aromatic heterocycles. The molecule has 0 fully saturated rings. The van der Waals surface area contributed by atoms with Gasteiger partial charge in [0.05, 0.1) is 0 Å². The van der Waals surface area contributed by atoms with Crippen LogP contribution in [-0.4, -0.2) is 6.29 Å². The lowest BCUT2D eigenvalue weighted by molar-refractivity contribution is 0.112. The van der Waals surface area contributed by atoms with E-state index in [0.29, 0.717) is 0 Å². The first-order chi connectivity index (χ1) is 9.38. The predicted octanol–water partition coefficient (Wildman–Crippen LogP) is 5.02. The van der Waals surface area contributed by atoms with Crippen molar-refractivity contribution in [1.82, 2.24) is 0 Å². The zero-order chi connectivity index (χ0) is 12.8. The molecule has 90 valence electrons. The van der Waals surface area contributed by atoms with Gasteiger partial charge in [-0.2, -0.15) is 0 Å². The van der Waals surface area contributed by atoms with E-state index < -0.39 is 0 Å². The number of thiophene rings is 1. The predicted molar refractivity (Wildman–Crippen MR) is 82.2 cm³/mol. The fourth-order valence-electron chi connectivity index (χ4n) is 2.71. The first-order valence-corrected chi connectivity index (χ1v) is 6.98. The molecule has 1 nitrogen and oxygen atoms in total. The first-order valence-electron chi connectivity index (χ1n) is 6.16. The normalized spacial score (nSPS) is 11.4. The molecular weight excluding hydrogens is 252 g/mol.